The van der Waals surface area contributed by atoms with E-state index in [2.05, 4.69) is 6.07 Å². The zero-order chi connectivity index (χ0) is 15.5. The molecular formula is C17H15N3O2. The van der Waals surface area contributed by atoms with Crippen LogP contribution in [0.3, 0.4) is 0 Å². The molecule has 5 heteroatoms. The van der Waals surface area contributed by atoms with Gasteiger partial charge >= 0.3 is 0 Å². The van der Waals surface area contributed by atoms with Crippen LogP contribution >= 0.6 is 0 Å². The largest absolute Gasteiger partial charge is 0.279 e. The van der Waals surface area contributed by atoms with E-state index in [0.29, 0.717) is 12.1 Å². The van der Waals surface area contributed by atoms with Crippen LogP contribution in [0.15, 0.2) is 48.5 Å². The molecule has 5 nitrogen and oxygen atoms in total. The molecule has 0 amide bonds. The van der Waals surface area contributed by atoms with E-state index in [0.717, 1.165) is 18.5 Å². The normalized spacial score (nSPS) is 17.5. The number of nitriles is 1. The van der Waals surface area contributed by atoms with Crippen LogP contribution in [-0.2, 0) is 13.0 Å². The highest BCUT2D eigenvalue weighted by molar-refractivity contribution is 5.41. The monoisotopic (exact) mass is 293 g/mol. The zero-order valence-electron chi connectivity index (χ0n) is 12.0. The molecular weight excluding hydrogens is 278 g/mol. The van der Waals surface area contributed by atoms with Gasteiger partial charge in [-0.1, -0.05) is 42.5 Å². The topological polar surface area (TPSA) is 70.2 Å². The lowest BCUT2D eigenvalue weighted by molar-refractivity contribution is -0.385. The fourth-order valence-corrected chi connectivity index (χ4v) is 2.98. The van der Waals surface area contributed by atoms with E-state index >= 15 is 0 Å². The van der Waals surface area contributed by atoms with Crippen LogP contribution in [0.25, 0.3) is 0 Å². The molecule has 0 radical (unpaired) electrons. The van der Waals surface area contributed by atoms with Gasteiger partial charge in [0.15, 0.2) is 0 Å². The van der Waals surface area contributed by atoms with Gasteiger partial charge in [-0.2, -0.15) is 5.26 Å². The average Bonchev–Trinajstić information content (AvgIpc) is 2.55. The number of para-hydroxylation sites is 1. The third kappa shape index (κ3) is 2.57. The van der Waals surface area contributed by atoms with Crippen LogP contribution in [0, 0.1) is 21.4 Å². The van der Waals surface area contributed by atoms with Gasteiger partial charge in [0.2, 0.25) is 0 Å². The van der Waals surface area contributed by atoms with Crippen LogP contribution in [0.1, 0.15) is 22.7 Å². The van der Waals surface area contributed by atoms with Gasteiger partial charge in [-0.15, -0.1) is 0 Å². The van der Waals surface area contributed by atoms with Crippen molar-refractivity contribution in [3.8, 4) is 6.07 Å². The van der Waals surface area contributed by atoms with Crippen molar-refractivity contribution in [2.24, 2.45) is 0 Å². The molecule has 0 saturated carbocycles. The molecule has 3 rings (SSSR count). The summed E-state index contributed by atoms with van der Waals surface area (Å²) in [6, 6.07) is 16.6. The van der Waals surface area contributed by atoms with Crippen LogP contribution in [0.4, 0.5) is 5.69 Å². The number of nitrogens with zero attached hydrogens (tertiary/aromatic N) is 3. The summed E-state index contributed by atoms with van der Waals surface area (Å²) in [6.45, 7) is 1.13. The summed E-state index contributed by atoms with van der Waals surface area (Å²) in [7, 11) is 0. The van der Waals surface area contributed by atoms with Gasteiger partial charge in [-0.05, 0) is 17.5 Å². The van der Waals surface area contributed by atoms with E-state index in [1.54, 1.807) is 18.2 Å². The molecule has 2 aromatic rings. The summed E-state index contributed by atoms with van der Waals surface area (Å²) in [5, 5.41) is 20.7. The summed E-state index contributed by atoms with van der Waals surface area (Å²) in [6.07, 6.45) is 0.856. The van der Waals surface area contributed by atoms with Crippen molar-refractivity contribution < 1.29 is 4.92 Å². The number of hydrogen-bond donors (Lipinski definition) is 0. The molecule has 1 aliphatic heterocycles. The van der Waals surface area contributed by atoms with Gasteiger partial charge in [-0.3, -0.25) is 15.0 Å². The molecule has 0 saturated heterocycles. The average molecular weight is 293 g/mol. The Morgan fingerprint density at radius 3 is 2.73 bits per heavy atom. The standard InChI is InChI=1S/C17H15N3O2/c18-11-17-15-7-3-1-5-13(15)9-10-19(17)12-14-6-2-4-8-16(14)20(21)22/h1-8,17H,9-10,12H2. The van der Waals surface area contributed by atoms with Gasteiger partial charge in [0.1, 0.15) is 6.04 Å². The molecule has 0 fully saturated rings. The maximum absolute atomic E-state index is 11.1. The second-order valence-corrected chi connectivity index (χ2v) is 5.34. The number of nitro benzene ring substituents is 1. The minimum atomic E-state index is -0.366. The number of benzene rings is 2. The fourth-order valence-electron chi connectivity index (χ4n) is 2.98. The van der Waals surface area contributed by atoms with Crippen molar-refractivity contribution in [2.75, 3.05) is 6.54 Å². The lowest BCUT2D eigenvalue weighted by Crippen LogP contribution is -2.34. The Morgan fingerprint density at radius 1 is 1.23 bits per heavy atom. The fraction of sp³-hybridized carbons (Fsp3) is 0.235. The van der Waals surface area contributed by atoms with Crippen molar-refractivity contribution in [3.63, 3.8) is 0 Å². The van der Waals surface area contributed by atoms with E-state index in [4.69, 9.17) is 0 Å². The smallest absolute Gasteiger partial charge is 0.273 e. The molecule has 0 bridgehead atoms. The number of nitro groups is 1. The first kappa shape index (κ1) is 14.2. The van der Waals surface area contributed by atoms with Crippen molar-refractivity contribution in [1.29, 1.82) is 5.26 Å². The first-order valence-electron chi connectivity index (χ1n) is 7.14. The van der Waals surface area contributed by atoms with E-state index in [9.17, 15) is 15.4 Å². The predicted molar refractivity (Wildman–Crippen MR) is 82.0 cm³/mol. The molecule has 1 heterocycles. The molecule has 1 atom stereocenters. The summed E-state index contributed by atoms with van der Waals surface area (Å²) in [5.74, 6) is 0. The van der Waals surface area contributed by atoms with Crippen molar-refractivity contribution >= 4 is 5.69 Å². The predicted octanol–water partition coefficient (Wildman–Crippen LogP) is 3.22. The molecule has 0 aliphatic carbocycles. The lowest BCUT2D eigenvalue weighted by atomic mass is 9.93. The van der Waals surface area contributed by atoms with Gasteiger partial charge < -0.3 is 0 Å². The highest BCUT2D eigenvalue weighted by Gasteiger charge is 2.28. The second-order valence-electron chi connectivity index (χ2n) is 5.34. The lowest BCUT2D eigenvalue weighted by Gasteiger charge is -2.33. The molecule has 2 aromatic carbocycles. The SMILES string of the molecule is N#CC1c2ccccc2CCN1Cc1ccccc1[N+](=O)[O-]. The highest BCUT2D eigenvalue weighted by Crippen LogP contribution is 2.31. The quantitative estimate of drug-likeness (QED) is 0.643. The van der Waals surface area contributed by atoms with Crippen LogP contribution in [-0.4, -0.2) is 16.4 Å². The first-order chi connectivity index (χ1) is 10.7. The van der Waals surface area contributed by atoms with Gasteiger partial charge in [0.25, 0.3) is 5.69 Å². The molecule has 22 heavy (non-hydrogen) atoms. The highest BCUT2D eigenvalue weighted by atomic mass is 16.6. The van der Waals surface area contributed by atoms with E-state index < -0.39 is 0 Å². The molecule has 0 N–H and O–H groups in total. The minimum Gasteiger partial charge on any atom is -0.279 e. The van der Waals surface area contributed by atoms with Gasteiger partial charge in [0, 0.05) is 24.7 Å². The Labute approximate surface area is 128 Å². The Bertz CT molecular complexity index is 752. The Hall–Kier alpha value is -2.71. The van der Waals surface area contributed by atoms with E-state index in [-0.39, 0.29) is 16.7 Å². The summed E-state index contributed by atoms with van der Waals surface area (Å²) in [4.78, 5) is 12.8. The van der Waals surface area contributed by atoms with Crippen molar-refractivity contribution in [3.05, 3.63) is 75.3 Å². The zero-order valence-corrected chi connectivity index (χ0v) is 12.0. The van der Waals surface area contributed by atoms with Gasteiger partial charge in [-0.25, -0.2) is 0 Å². The summed E-state index contributed by atoms with van der Waals surface area (Å²) >= 11 is 0. The maximum Gasteiger partial charge on any atom is 0.273 e. The number of fused-ring (bicyclic) bond motifs is 1. The summed E-state index contributed by atoms with van der Waals surface area (Å²) in [5.41, 5.74) is 2.95. The molecule has 1 unspecified atom stereocenters. The minimum absolute atomic E-state index is 0.109. The maximum atomic E-state index is 11.1. The van der Waals surface area contributed by atoms with E-state index in [1.807, 2.05) is 29.2 Å². The van der Waals surface area contributed by atoms with Crippen LogP contribution < -0.4 is 0 Å². The molecule has 1 aliphatic rings. The number of rotatable bonds is 3. The Morgan fingerprint density at radius 2 is 1.95 bits per heavy atom. The third-order valence-electron chi connectivity index (χ3n) is 4.07. The molecule has 0 spiro atoms. The van der Waals surface area contributed by atoms with Crippen LogP contribution in [0.2, 0.25) is 0 Å². The molecule has 110 valence electrons. The molecule has 0 aromatic heterocycles. The Kier molecular flexibility index (Phi) is 3.86. The third-order valence-corrected chi connectivity index (χ3v) is 4.07. The number of hydrogen-bond acceptors (Lipinski definition) is 4. The van der Waals surface area contributed by atoms with Crippen molar-refractivity contribution in [1.82, 2.24) is 4.90 Å². The van der Waals surface area contributed by atoms with Gasteiger partial charge in [0.05, 0.1) is 11.0 Å². The second kappa shape index (κ2) is 5.96. The Balaban J connectivity index is 1.91. The first-order valence-corrected chi connectivity index (χ1v) is 7.14. The van der Waals surface area contributed by atoms with E-state index in [1.165, 1.54) is 11.6 Å². The summed E-state index contributed by atoms with van der Waals surface area (Å²) < 4.78 is 0. The van der Waals surface area contributed by atoms with Crippen molar-refractivity contribution in [2.45, 2.75) is 19.0 Å². The van der Waals surface area contributed by atoms with Crippen LogP contribution in [0.5, 0.6) is 0 Å².